The van der Waals surface area contributed by atoms with Crippen molar-refractivity contribution in [2.24, 2.45) is 0 Å². The van der Waals surface area contributed by atoms with Crippen molar-refractivity contribution in [2.45, 2.75) is 32.5 Å². The first-order chi connectivity index (χ1) is 12.1. The van der Waals surface area contributed by atoms with E-state index in [1.54, 1.807) is 6.07 Å². The van der Waals surface area contributed by atoms with Gasteiger partial charge >= 0.3 is 0 Å². The van der Waals surface area contributed by atoms with Gasteiger partial charge < -0.3 is 14.4 Å². The molecule has 0 unspecified atom stereocenters. The molecule has 1 saturated heterocycles. The monoisotopic (exact) mass is 359 g/mol. The van der Waals surface area contributed by atoms with Crippen LogP contribution in [0.5, 0.6) is 5.75 Å². The molecule has 1 heterocycles. The predicted molar refractivity (Wildman–Crippen MR) is 98.1 cm³/mol. The Hall–Kier alpha value is -2.04. The second kappa shape index (κ2) is 7.89. The van der Waals surface area contributed by atoms with Crippen LogP contribution in [0.1, 0.15) is 29.8 Å². The van der Waals surface area contributed by atoms with E-state index in [0.717, 1.165) is 5.56 Å². The van der Waals surface area contributed by atoms with Crippen LogP contribution in [0.25, 0.3) is 0 Å². The van der Waals surface area contributed by atoms with Gasteiger partial charge in [0.25, 0.3) is 5.91 Å². The molecule has 1 fully saturated rings. The van der Waals surface area contributed by atoms with E-state index in [0.29, 0.717) is 36.2 Å². The van der Waals surface area contributed by atoms with Crippen molar-refractivity contribution in [1.29, 1.82) is 0 Å². The van der Waals surface area contributed by atoms with E-state index in [4.69, 9.17) is 21.1 Å². The predicted octanol–water partition coefficient (Wildman–Crippen LogP) is 4.17. The Kier molecular flexibility index (Phi) is 5.61. The van der Waals surface area contributed by atoms with Crippen molar-refractivity contribution in [3.05, 3.63) is 64.7 Å². The number of morpholine rings is 1. The highest BCUT2D eigenvalue weighted by atomic mass is 35.5. The number of hydrogen-bond donors (Lipinski definition) is 0. The smallest absolute Gasteiger partial charge is 0.254 e. The molecule has 0 spiro atoms. The molecule has 0 N–H and O–H groups in total. The van der Waals surface area contributed by atoms with Gasteiger partial charge in [-0.05, 0) is 38.1 Å². The van der Waals surface area contributed by atoms with Gasteiger partial charge in [-0.3, -0.25) is 4.79 Å². The number of ether oxygens (including phenoxy) is 2. The number of carbonyl (C=O) groups is 1. The summed E-state index contributed by atoms with van der Waals surface area (Å²) in [4.78, 5) is 14.8. The topological polar surface area (TPSA) is 38.8 Å². The summed E-state index contributed by atoms with van der Waals surface area (Å²) in [6, 6.07) is 15.0. The van der Waals surface area contributed by atoms with E-state index in [1.165, 1.54) is 0 Å². The third-order valence-corrected chi connectivity index (χ3v) is 4.70. The molecule has 1 amide bonds. The summed E-state index contributed by atoms with van der Waals surface area (Å²) >= 11 is 6.15. The standard InChI is InChI=1S/C20H22ClNO3/c1-14-11-24-12-15(2)22(14)20(23)16-7-5-8-18(10-16)25-13-17-6-3-4-9-19(17)21/h3-10,14-15H,11-13H2,1-2H3/t14-,15-/m1/s1. The number of halogens is 1. The Morgan fingerprint density at radius 2 is 1.88 bits per heavy atom. The quantitative estimate of drug-likeness (QED) is 0.822. The lowest BCUT2D eigenvalue weighted by Gasteiger charge is -2.38. The minimum Gasteiger partial charge on any atom is -0.489 e. The van der Waals surface area contributed by atoms with Crippen LogP contribution in [0, 0.1) is 0 Å². The molecule has 1 aliphatic heterocycles. The maximum Gasteiger partial charge on any atom is 0.254 e. The maximum atomic E-state index is 12.9. The van der Waals surface area contributed by atoms with Crippen LogP contribution < -0.4 is 4.74 Å². The van der Waals surface area contributed by atoms with Gasteiger partial charge in [-0.15, -0.1) is 0 Å². The van der Waals surface area contributed by atoms with E-state index < -0.39 is 0 Å². The Balaban J connectivity index is 1.72. The molecule has 0 aromatic heterocycles. The zero-order chi connectivity index (χ0) is 17.8. The lowest BCUT2D eigenvalue weighted by atomic mass is 10.1. The number of nitrogens with zero attached hydrogens (tertiary/aromatic N) is 1. The van der Waals surface area contributed by atoms with Crippen molar-refractivity contribution in [1.82, 2.24) is 4.90 Å². The van der Waals surface area contributed by atoms with Crippen LogP contribution in [0.3, 0.4) is 0 Å². The van der Waals surface area contributed by atoms with Gasteiger partial charge in [-0.2, -0.15) is 0 Å². The molecule has 5 heteroatoms. The minimum absolute atomic E-state index is 0.00601. The van der Waals surface area contributed by atoms with Crippen LogP contribution >= 0.6 is 11.6 Å². The molecule has 3 rings (SSSR count). The molecular weight excluding hydrogens is 338 g/mol. The van der Waals surface area contributed by atoms with Gasteiger partial charge in [0.1, 0.15) is 12.4 Å². The summed E-state index contributed by atoms with van der Waals surface area (Å²) in [7, 11) is 0. The molecule has 0 saturated carbocycles. The maximum absolute atomic E-state index is 12.9. The highest BCUT2D eigenvalue weighted by Crippen LogP contribution is 2.22. The van der Waals surface area contributed by atoms with Crippen molar-refractivity contribution in [2.75, 3.05) is 13.2 Å². The summed E-state index contributed by atoms with van der Waals surface area (Å²) in [5, 5.41) is 0.672. The molecule has 0 aliphatic carbocycles. The van der Waals surface area contributed by atoms with Crippen molar-refractivity contribution in [3.63, 3.8) is 0 Å². The highest BCUT2D eigenvalue weighted by Gasteiger charge is 2.30. The lowest BCUT2D eigenvalue weighted by Crippen LogP contribution is -2.52. The summed E-state index contributed by atoms with van der Waals surface area (Å²) in [5.41, 5.74) is 1.54. The van der Waals surface area contributed by atoms with Gasteiger partial charge in [-0.25, -0.2) is 0 Å². The van der Waals surface area contributed by atoms with Crippen LogP contribution in [0.4, 0.5) is 0 Å². The summed E-state index contributed by atoms with van der Waals surface area (Å²) in [6.45, 7) is 5.51. The fourth-order valence-electron chi connectivity index (χ4n) is 3.05. The van der Waals surface area contributed by atoms with Crippen molar-refractivity contribution >= 4 is 17.5 Å². The van der Waals surface area contributed by atoms with E-state index in [9.17, 15) is 4.79 Å². The molecule has 2 aromatic carbocycles. The lowest BCUT2D eigenvalue weighted by molar-refractivity contribution is -0.0249. The second-order valence-corrected chi connectivity index (χ2v) is 6.76. The van der Waals surface area contributed by atoms with Gasteiger partial charge in [-0.1, -0.05) is 35.9 Å². The molecule has 0 radical (unpaired) electrons. The van der Waals surface area contributed by atoms with E-state index >= 15 is 0 Å². The molecule has 1 aliphatic rings. The van der Waals surface area contributed by atoms with Gasteiger partial charge in [0.2, 0.25) is 0 Å². The average molecular weight is 360 g/mol. The molecule has 4 nitrogen and oxygen atoms in total. The summed E-state index contributed by atoms with van der Waals surface area (Å²) in [6.07, 6.45) is 0. The zero-order valence-corrected chi connectivity index (χ0v) is 15.2. The van der Waals surface area contributed by atoms with E-state index in [2.05, 4.69) is 0 Å². The third kappa shape index (κ3) is 4.14. The van der Waals surface area contributed by atoms with Crippen molar-refractivity contribution in [3.8, 4) is 5.75 Å². The van der Waals surface area contributed by atoms with Crippen LogP contribution in [0.2, 0.25) is 5.02 Å². The average Bonchev–Trinajstić information content (AvgIpc) is 2.61. The molecule has 2 atom stereocenters. The van der Waals surface area contributed by atoms with Crippen molar-refractivity contribution < 1.29 is 14.3 Å². The van der Waals surface area contributed by atoms with Crippen LogP contribution in [0.15, 0.2) is 48.5 Å². The Labute approximate surface area is 153 Å². The first-order valence-corrected chi connectivity index (χ1v) is 8.80. The molecule has 132 valence electrons. The number of carbonyl (C=O) groups excluding carboxylic acids is 1. The Morgan fingerprint density at radius 3 is 2.60 bits per heavy atom. The molecule has 2 aromatic rings. The van der Waals surface area contributed by atoms with Gasteiger partial charge in [0.15, 0.2) is 0 Å². The second-order valence-electron chi connectivity index (χ2n) is 6.36. The SMILES string of the molecule is C[C@@H]1COC[C@@H](C)N1C(=O)c1cccc(OCc2ccccc2Cl)c1. The number of rotatable bonds is 4. The normalized spacial score (nSPS) is 20.4. The molecule has 25 heavy (non-hydrogen) atoms. The Bertz CT molecular complexity index is 739. The number of hydrogen-bond acceptors (Lipinski definition) is 3. The first-order valence-electron chi connectivity index (χ1n) is 8.43. The largest absolute Gasteiger partial charge is 0.489 e. The molecular formula is C20H22ClNO3. The van der Waals surface area contributed by atoms with Crippen LogP contribution in [-0.4, -0.2) is 36.1 Å². The zero-order valence-electron chi connectivity index (χ0n) is 14.4. The number of amides is 1. The first kappa shape index (κ1) is 17.8. The van der Waals surface area contributed by atoms with E-state index in [1.807, 2.05) is 61.2 Å². The number of benzene rings is 2. The van der Waals surface area contributed by atoms with Crippen LogP contribution in [-0.2, 0) is 11.3 Å². The third-order valence-electron chi connectivity index (χ3n) is 4.34. The van der Waals surface area contributed by atoms with Gasteiger partial charge in [0, 0.05) is 16.1 Å². The van der Waals surface area contributed by atoms with E-state index in [-0.39, 0.29) is 18.0 Å². The Morgan fingerprint density at radius 1 is 1.16 bits per heavy atom. The van der Waals surface area contributed by atoms with Gasteiger partial charge in [0.05, 0.1) is 25.3 Å². The summed E-state index contributed by atoms with van der Waals surface area (Å²) < 4.78 is 11.3. The highest BCUT2D eigenvalue weighted by molar-refractivity contribution is 6.31. The molecule has 0 bridgehead atoms. The fraction of sp³-hybridized carbons (Fsp3) is 0.350. The minimum atomic E-state index is 0.00601. The fourth-order valence-corrected chi connectivity index (χ4v) is 3.24. The summed E-state index contributed by atoms with van der Waals surface area (Å²) in [5.74, 6) is 0.658.